The van der Waals surface area contributed by atoms with E-state index in [4.69, 9.17) is 23.8 Å². The fourth-order valence-corrected chi connectivity index (χ4v) is 6.99. The number of aliphatic hydroxyl groups excluding tert-OH is 2. The number of phosphoric ester groups is 2. The Labute approximate surface area is 361 Å². The first-order valence-electron chi connectivity index (χ1n) is 22.4. The van der Waals surface area contributed by atoms with Crippen LogP contribution in [0.1, 0.15) is 174 Å². The molecule has 16 heteroatoms. The van der Waals surface area contributed by atoms with Gasteiger partial charge in [0, 0.05) is 12.8 Å². The predicted octanol–water partition coefficient (Wildman–Crippen LogP) is 10.4. The summed E-state index contributed by atoms with van der Waals surface area (Å²) in [5.74, 6) is -1.16. The Morgan fingerprint density at radius 2 is 1.07 bits per heavy atom. The van der Waals surface area contributed by atoms with Gasteiger partial charge >= 0.3 is 27.6 Å². The molecule has 0 aromatic carbocycles. The lowest BCUT2D eigenvalue weighted by atomic mass is 10.0. The second-order valence-electron chi connectivity index (χ2n) is 15.2. The molecule has 0 aliphatic heterocycles. The Hall–Kier alpha value is -1.96. The van der Waals surface area contributed by atoms with E-state index in [1.807, 2.05) is 18.2 Å². The van der Waals surface area contributed by atoms with Gasteiger partial charge in [-0.05, 0) is 44.9 Å². The lowest BCUT2D eigenvalue weighted by Gasteiger charge is -2.20. The summed E-state index contributed by atoms with van der Waals surface area (Å²) in [5.41, 5.74) is 0. The van der Waals surface area contributed by atoms with E-state index in [-0.39, 0.29) is 12.8 Å². The molecule has 14 nitrogen and oxygen atoms in total. The first-order chi connectivity index (χ1) is 28.8. The third kappa shape index (κ3) is 42.7. The van der Waals surface area contributed by atoms with Crippen LogP contribution >= 0.6 is 15.6 Å². The molecule has 0 aliphatic carbocycles. The normalized spacial score (nSPS) is 15.0. The molecule has 0 saturated heterocycles. The van der Waals surface area contributed by atoms with Crippen molar-refractivity contribution in [3.8, 4) is 0 Å². The number of phosphoric acid groups is 2. The van der Waals surface area contributed by atoms with Crippen LogP contribution < -0.4 is 0 Å². The third-order valence-electron chi connectivity index (χ3n) is 9.29. The van der Waals surface area contributed by atoms with Crippen molar-refractivity contribution in [3.05, 3.63) is 48.6 Å². The molecule has 0 radical (unpaired) electrons. The SMILES string of the molecule is CCCCC/C=C\C/C=C\CC(O)/C=C\C=C\CCCC(=O)O[C@H](COC(=O)CCCCCCCCCCCCCCCCC)COP(=O)(O)OC[C@@H](O)COP(=O)(O)O. The van der Waals surface area contributed by atoms with Gasteiger partial charge in [0.15, 0.2) is 6.10 Å². The van der Waals surface area contributed by atoms with Crippen molar-refractivity contribution in [1.82, 2.24) is 0 Å². The van der Waals surface area contributed by atoms with Gasteiger partial charge in [0.1, 0.15) is 12.7 Å². The van der Waals surface area contributed by atoms with Gasteiger partial charge in [-0.2, -0.15) is 0 Å². The zero-order chi connectivity index (χ0) is 44.6. The van der Waals surface area contributed by atoms with Gasteiger partial charge in [0.25, 0.3) is 0 Å². The van der Waals surface area contributed by atoms with Crippen molar-refractivity contribution in [2.24, 2.45) is 0 Å². The van der Waals surface area contributed by atoms with Gasteiger partial charge in [-0.15, -0.1) is 0 Å². The van der Waals surface area contributed by atoms with Crippen LogP contribution in [0.25, 0.3) is 0 Å². The zero-order valence-corrected chi connectivity index (χ0v) is 38.5. The highest BCUT2D eigenvalue weighted by Crippen LogP contribution is 2.43. The van der Waals surface area contributed by atoms with Crippen LogP contribution in [0.5, 0.6) is 0 Å². The summed E-state index contributed by atoms with van der Waals surface area (Å²) in [7, 11) is -9.72. The molecule has 5 N–H and O–H groups in total. The quantitative estimate of drug-likeness (QED) is 0.0127. The van der Waals surface area contributed by atoms with Crippen molar-refractivity contribution in [2.75, 3.05) is 26.4 Å². The summed E-state index contributed by atoms with van der Waals surface area (Å²) in [6.07, 6.45) is 37.0. The van der Waals surface area contributed by atoms with Gasteiger partial charge in [0.2, 0.25) is 0 Å². The average Bonchev–Trinajstić information content (AvgIpc) is 3.20. The first-order valence-corrected chi connectivity index (χ1v) is 25.5. The molecule has 0 saturated carbocycles. The summed E-state index contributed by atoms with van der Waals surface area (Å²) in [5, 5.41) is 19.9. The highest BCUT2D eigenvalue weighted by Gasteiger charge is 2.28. The molecular weight excluding hydrogens is 814 g/mol. The number of allylic oxidation sites excluding steroid dienone is 6. The van der Waals surface area contributed by atoms with Crippen molar-refractivity contribution in [1.29, 1.82) is 0 Å². The van der Waals surface area contributed by atoms with Gasteiger partial charge < -0.3 is 34.4 Å². The summed E-state index contributed by atoms with van der Waals surface area (Å²) < 4.78 is 47.7. The molecule has 350 valence electrons. The molecule has 2 unspecified atom stereocenters. The number of ether oxygens (including phenoxy) is 2. The third-order valence-corrected chi connectivity index (χ3v) is 10.7. The van der Waals surface area contributed by atoms with Crippen molar-refractivity contribution < 1.29 is 66.7 Å². The summed E-state index contributed by atoms with van der Waals surface area (Å²) >= 11 is 0. The maximum absolute atomic E-state index is 12.6. The summed E-state index contributed by atoms with van der Waals surface area (Å²) in [6.45, 7) is 1.58. The Morgan fingerprint density at radius 1 is 0.550 bits per heavy atom. The van der Waals surface area contributed by atoms with E-state index in [0.29, 0.717) is 25.7 Å². The number of carbonyl (C=O) groups excluding carboxylic acids is 2. The molecule has 0 fully saturated rings. The van der Waals surface area contributed by atoms with E-state index in [0.717, 1.165) is 32.1 Å². The van der Waals surface area contributed by atoms with Crippen LogP contribution in [0.3, 0.4) is 0 Å². The Kier molecular flexibility index (Phi) is 38.6. The second kappa shape index (κ2) is 39.9. The maximum Gasteiger partial charge on any atom is 0.472 e. The minimum Gasteiger partial charge on any atom is -0.462 e. The molecule has 4 atom stereocenters. The zero-order valence-electron chi connectivity index (χ0n) is 36.7. The highest BCUT2D eigenvalue weighted by atomic mass is 31.2. The molecule has 0 amide bonds. The van der Waals surface area contributed by atoms with E-state index in [2.05, 4.69) is 35.0 Å². The molecule has 0 bridgehead atoms. The lowest BCUT2D eigenvalue weighted by Crippen LogP contribution is -2.29. The van der Waals surface area contributed by atoms with Gasteiger partial charge in [-0.1, -0.05) is 165 Å². The van der Waals surface area contributed by atoms with Gasteiger partial charge in [-0.25, -0.2) is 9.13 Å². The fraction of sp³-hybridized carbons (Fsp3) is 0.773. The standard InChI is InChI=1S/C44H80O14P2/c1-3-5-7-9-11-13-14-15-16-17-18-20-22-26-30-34-43(47)54-38-42(39-57-60(52,53)56-37-41(46)36-55-59(49,50)51)58-44(48)35-31-27-23-25-29-33-40(45)32-28-24-21-19-12-10-8-6-4-2/h12,19,23-25,28-29,33,40-42,45-46H,3-11,13-18,20-22,26-27,30-32,34-39H2,1-2H3,(H,52,53)(H2,49,50,51)/b19-12-,25-23+,28-24-,33-29-/t40?,41-,42+/m0/s1. The van der Waals surface area contributed by atoms with Crippen LogP contribution in [0.2, 0.25) is 0 Å². The fourth-order valence-electron chi connectivity index (χ4n) is 5.83. The number of hydrogen-bond acceptors (Lipinski definition) is 11. The number of hydrogen-bond donors (Lipinski definition) is 5. The monoisotopic (exact) mass is 895 g/mol. The minimum atomic E-state index is -4.88. The van der Waals surface area contributed by atoms with E-state index in [1.54, 1.807) is 18.2 Å². The van der Waals surface area contributed by atoms with E-state index >= 15 is 0 Å². The molecule has 0 aromatic heterocycles. The molecule has 60 heavy (non-hydrogen) atoms. The van der Waals surface area contributed by atoms with Crippen LogP contribution in [0.4, 0.5) is 0 Å². The topological polar surface area (TPSA) is 216 Å². The summed E-state index contributed by atoms with van der Waals surface area (Å²) in [6, 6.07) is 0. The summed E-state index contributed by atoms with van der Waals surface area (Å²) in [4.78, 5) is 52.7. The molecular formula is C44H80O14P2. The average molecular weight is 895 g/mol. The second-order valence-corrected chi connectivity index (χ2v) is 17.9. The van der Waals surface area contributed by atoms with Crippen LogP contribution in [-0.4, -0.2) is 81.6 Å². The Bertz CT molecular complexity index is 1270. The number of carbonyl (C=O) groups is 2. The van der Waals surface area contributed by atoms with E-state index in [9.17, 15) is 33.8 Å². The number of aliphatic hydroxyl groups is 2. The van der Waals surface area contributed by atoms with Crippen LogP contribution in [0, 0.1) is 0 Å². The maximum atomic E-state index is 12.6. The molecule has 0 rings (SSSR count). The van der Waals surface area contributed by atoms with E-state index in [1.165, 1.54) is 89.9 Å². The smallest absolute Gasteiger partial charge is 0.462 e. The van der Waals surface area contributed by atoms with Crippen molar-refractivity contribution in [2.45, 2.75) is 193 Å². The van der Waals surface area contributed by atoms with Crippen molar-refractivity contribution in [3.63, 3.8) is 0 Å². The molecule has 0 heterocycles. The minimum absolute atomic E-state index is 0.00283. The van der Waals surface area contributed by atoms with Crippen LogP contribution in [-0.2, 0) is 41.8 Å². The predicted molar refractivity (Wildman–Crippen MR) is 236 cm³/mol. The first kappa shape index (κ1) is 58.0. The van der Waals surface area contributed by atoms with Crippen molar-refractivity contribution >= 4 is 27.6 Å². The molecule has 0 spiro atoms. The van der Waals surface area contributed by atoms with Gasteiger partial charge in [-0.3, -0.25) is 23.2 Å². The van der Waals surface area contributed by atoms with Gasteiger partial charge in [0.05, 0.1) is 25.9 Å². The van der Waals surface area contributed by atoms with Crippen LogP contribution in [0.15, 0.2) is 48.6 Å². The molecule has 0 aliphatic rings. The Morgan fingerprint density at radius 3 is 1.68 bits per heavy atom. The largest absolute Gasteiger partial charge is 0.472 e. The number of unbranched alkanes of at least 4 members (excludes halogenated alkanes) is 18. The Balaban J connectivity index is 4.67. The highest BCUT2D eigenvalue weighted by molar-refractivity contribution is 7.47. The number of rotatable bonds is 42. The molecule has 0 aromatic rings. The van der Waals surface area contributed by atoms with E-state index < -0.39 is 72.3 Å². The lowest BCUT2D eigenvalue weighted by molar-refractivity contribution is -0.161. The number of esters is 2.